The molecule has 0 aliphatic carbocycles. The monoisotopic (exact) mass is 283 g/mol. The van der Waals surface area contributed by atoms with Crippen molar-refractivity contribution >= 4 is 11.9 Å². The minimum Gasteiger partial charge on any atom is -0.478 e. The minimum atomic E-state index is -0.998. The number of benzene rings is 1. The van der Waals surface area contributed by atoms with Crippen LogP contribution in [0.5, 0.6) is 0 Å². The molecule has 1 saturated heterocycles. The molecule has 1 unspecified atom stereocenters. The standard InChI is InChI=1S/C16H17N3O2/c20-15(21)14-9-17-16(18-10-14)19-8-4-7-13(11-19)12-5-2-1-3-6-12/h1-3,5-6,9-10,13H,4,7-8,11H2,(H,20,21). The lowest BCUT2D eigenvalue weighted by molar-refractivity contribution is 0.0696. The molecule has 1 N–H and O–H groups in total. The van der Waals surface area contributed by atoms with Crippen LogP contribution in [0, 0.1) is 0 Å². The van der Waals surface area contributed by atoms with Crippen molar-refractivity contribution in [3.63, 3.8) is 0 Å². The van der Waals surface area contributed by atoms with Gasteiger partial charge < -0.3 is 10.0 Å². The number of hydrogen-bond acceptors (Lipinski definition) is 4. The highest BCUT2D eigenvalue weighted by Crippen LogP contribution is 2.28. The van der Waals surface area contributed by atoms with E-state index in [1.54, 1.807) is 0 Å². The highest BCUT2D eigenvalue weighted by Gasteiger charge is 2.23. The Balaban J connectivity index is 1.75. The Labute approximate surface area is 123 Å². The SMILES string of the molecule is O=C(O)c1cnc(N2CCCC(c3ccccc3)C2)nc1. The summed E-state index contributed by atoms with van der Waals surface area (Å²) >= 11 is 0. The van der Waals surface area contributed by atoms with Crippen molar-refractivity contribution in [2.45, 2.75) is 18.8 Å². The molecular formula is C16H17N3O2. The lowest BCUT2D eigenvalue weighted by Crippen LogP contribution is -2.35. The number of piperidine rings is 1. The average molecular weight is 283 g/mol. The maximum absolute atomic E-state index is 10.8. The van der Waals surface area contributed by atoms with Crippen LogP contribution in [-0.2, 0) is 0 Å². The van der Waals surface area contributed by atoms with Crippen molar-refractivity contribution < 1.29 is 9.90 Å². The number of carboxylic acids is 1. The quantitative estimate of drug-likeness (QED) is 0.937. The zero-order valence-electron chi connectivity index (χ0n) is 11.6. The molecule has 0 bridgehead atoms. The van der Waals surface area contributed by atoms with E-state index in [9.17, 15) is 4.79 Å². The predicted octanol–water partition coefficient (Wildman–Crippen LogP) is 2.56. The first-order valence-electron chi connectivity index (χ1n) is 7.09. The molecular weight excluding hydrogens is 266 g/mol. The smallest absolute Gasteiger partial charge is 0.338 e. The van der Waals surface area contributed by atoms with Crippen LogP contribution < -0.4 is 4.90 Å². The van der Waals surface area contributed by atoms with Crippen LogP contribution in [0.3, 0.4) is 0 Å². The number of hydrogen-bond donors (Lipinski definition) is 1. The molecule has 1 aliphatic heterocycles. The van der Waals surface area contributed by atoms with Crippen molar-refractivity contribution in [2.24, 2.45) is 0 Å². The Hall–Kier alpha value is -2.43. The zero-order valence-corrected chi connectivity index (χ0v) is 11.6. The Morgan fingerprint density at radius 1 is 1.19 bits per heavy atom. The number of aromatic nitrogens is 2. The molecule has 1 aliphatic rings. The third-order valence-electron chi connectivity index (χ3n) is 3.86. The summed E-state index contributed by atoms with van der Waals surface area (Å²) < 4.78 is 0. The first-order chi connectivity index (χ1) is 10.2. The normalized spacial score (nSPS) is 18.5. The zero-order chi connectivity index (χ0) is 14.7. The fourth-order valence-electron chi connectivity index (χ4n) is 2.75. The molecule has 1 atom stereocenters. The topological polar surface area (TPSA) is 66.3 Å². The van der Waals surface area contributed by atoms with E-state index in [1.807, 2.05) is 6.07 Å². The average Bonchev–Trinajstić information content (AvgIpc) is 2.56. The molecule has 108 valence electrons. The van der Waals surface area contributed by atoms with Gasteiger partial charge in [-0.2, -0.15) is 0 Å². The van der Waals surface area contributed by atoms with E-state index in [0.717, 1.165) is 25.9 Å². The second kappa shape index (κ2) is 5.91. The number of carboxylic acid groups (broad SMARTS) is 1. The summed E-state index contributed by atoms with van der Waals surface area (Å²) in [7, 11) is 0. The van der Waals surface area contributed by atoms with Gasteiger partial charge in [0.05, 0.1) is 5.56 Å². The van der Waals surface area contributed by atoms with Crippen LogP contribution in [0.2, 0.25) is 0 Å². The Kier molecular flexibility index (Phi) is 3.81. The first-order valence-corrected chi connectivity index (χ1v) is 7.09. The van der Waals surface area contributed by atoms with Gasteiger partial charge in [0, 0.05) is 31.4 Å². The molecule has 1 aromatic carbocycles. The van der Waals surface area contributed by atoms with E-state index in [4.69, 9.17) is 5.11 Å². The molecule has 5 heteroatoms. The number of nitrogens with zero attached hydrogens (tertiary/aromatic N) is 3. The van der Waals surface area contributed by atoms with Gasteiger partial charge >= 0.3 is 5.97 Å². The minimum absolute atomic E-state index is 0.121. The third-order valence-corrected chi connectivity index (χ3v) is 3.86. The molecule has 0 amide bonds. The van der Waals surface area contributed by atoms with Gasteiger partial charge in [-0.05, 0) is 18.4 Å². The molecule has 2 aromatic rings. The van der Waals surface area contributed by atoms with Gasteiger partial charge in [-0.3, -0.25) is 0 Å². The van der Waals surface area contributed by atoms with E-state index in [1.165, 1.54) is 18.0 Å². The van der Waals surface area contributed by atoms with Crippen LogP contribution in [0.1, 0.15) is 34.7 Å². The fourth-order valence-corrected chi connectivity index (χ4v) is 2.75. The number of carbonyl (C=O) groups is 1. The maximum Gasteiger partial charge on any atom is 0.338 e. The van der Waals surface area contributed by atoms with Crippen molar-refractivity contribution in [3.05, 3.63) is 53.9 Å². The highest BCUT2D eigenvalue weighted by molar-refractivity contribution is 5.86. The molecule has 3 rings (SSSR count). The van der Waals surface area contributed by atoms with Crippen molar-refractivity contribution in [1.29, 1.82) is 0 Å². The Morgan fingerprint density at radius 2 is 1.90 bits per heavy atom. The molecule has 1 fully saturated rings. The van der Waals surface area contributed by atoms with Crippen molar-refractivity contribution in [3.8, 4) is 0 Å². The first kappa shape index (κ1) is 13.5. The summed E-state index contributed by atoms with van der Waals surface area (Å²) in [5.41, 5.74) is 1.46. The van der Waals surface area contributed by atoms with Gasteiger partial charge in [0.15, 0.2) is 0 Å². The molecule has 0 saturated carbocycles. The summed E-state index contributed by atoms with van der Waals surface area (Å²) in [5.74, 6) is 0.0886. The lowest BCUT2D eigenvalue weighted by Gasteiger charge is -2.33. The number of rotatable bonds is 3. The summed E-state index contributed by atoms with van der Waals surface area (Å²) in [6.07, 6.45) is 4.99. The van der Waals surface area contributed by atoms with Crippen LogP contribution in [0.25, 0.3) is 0 Å². The lowest BCUT2D eigenvalue weighted by atomic mass is 9.91. The molecule has 0 spiro atoms. The molecule has 5 nitrogen and oxygen atoms in total. The van der Waals surface area contributed by atoms with Gasteiger partial charge in [0.25, 0.3) is 0 Å². The summed E-state index contributed by atoms with van der Waals surface area (Å²) in [4.78, 5) is 21.3. The highest BCUT2D eigenvalue weighted by atomic mass is 16.4. The molecule has 2 heterocycles. The van der Waals surface area contributed by atoms with Crippen LogP contribution in [0.4, 0.5) is 5.95 Å². The number of anilines is 1. The van der Waals surface area contributed by atoms with Crippen molar-refractivity contribution in [1.82, 2.24) is 9.97 Å². The summed E-state index contributed by atoms with van der Waals surface area (Å²) in [6.45, 7) is 1.78. The van der Waals surface area contributed by atoms with Gasteiger partial charge in [-0.25, -0.2) is 14.8 Å². The van der Waals surface area contributed by atoms with E-state index < -0.39 is 5.97 Å². The van der Waals surface area contributed by atoms with Gasteiger partial charge in [-0.1, -0.05) is 30.3 Å². The second-order valence-corrected chi connectivity index (χ2v) is 5.27. The van der Waals surface area contributed by atoms with Gasteiger partial charge in [0.2, 0.25) is 5.95 Å². The molecule has 1 aromatic heterocycles. The summed E-state index contributed by atoms with van der Waals surface area (Å²) in [5, 5.41) is 8.88. The predicted molar refractivity (Wildman–Crippen MR) is 79.6 cm³/mol. The fraction of sp³-hybridized carbons (Fsp3) is 0.312. The van der Waals surface area contributed by atoms with Crippen LogP contribution in [-0.4, -0.2) is 34.1 Å². The van der Waals surface area contributed by atoms with Crippen LogP contribution >= 0.6 is 0 Å². The van der Waals surface area contributed by atoms with E-state index in [-0.39, 0.29) is 5.56 Å². The summed E-state index contributed by atoms with van der Waals surface area (Å²) in [6, 6.07) is 10.5. The van der Waals surface area contributed by atoms with Crippen LogP contribution in [0.15, 0.2) is 42.7 Å². The van der Waals surface area contributed by atoms with Gasteiger partial charge in [0.1, 0.15) is 0 Å². The largest absolute Gasteiger partial charge is 0.478 e. The Morgan fingerprint density at radius 3 is 2.57 bits per heavy atom. The van der Waals surface area contributed by atoms with Gasteiger partial charge in [-0.15, -0.1) is 0 Å². The third kappa shape index (κ3) is 3.02. The molecule has 21 heavy (non-hydrogen) atoms. The van der Waals surface area contributed by atoms with E-state index in [0.29, 0.717) is 11.9 Å². The molecule has 0 radical (unpaired) electrons. The number of aromatic carboxylic acids is 1. The van der Waals surface area contributed by atoms with E-state index >= 15 is 0 Å². The Bertz CT molecular complexity index is 613. The maximum atomic E-state index is 10.8. The van der Waals surface area contributed by atoms with E-state index in [2.05, 4.69) is 39.1 Å². The second-order valence-electron chi connectivity index (χ2n) is 5.27. The van der Waals surface area contributed by atoms with Crippen molar-refractivity contribution in [2.75, 3.05) is 18.0 Å².